The van der Waals surface area contributed by atoms with Crippen molar-refractivity contribution in [3.05, 3.63) is 48.0 Å². The summed E-state index contributed by atoms with van der Waals surface area (Å²) in [5.74, 6) is 2.11. The Morgan fingerprint density at radius 3 is 2.93 bits per heavy atom. The van der Waals surface area contributed by atoms with Gasteiger partial charge in [0.15, 0.2) is 0 Å². The van der Waals surface area contributed by atoms with Gasteiger partial charge in [0.25, 0.3) is 5.91 Å². The molecule has 28 heavy (non-hydrogen) atoms. The first-order chi connectivity index (χ1) is 13.6. The number of aromatic nitrogens is 2. The Balaban J connectivity index is 1.70. The molecule has 1 atom stereocenters. The molecule has 1 aromatic heterocycles. The largest absolute Gasteiger partial charge is 0.493 e. The normalized spacial score (nSPS) is 17.1. The predicted octanol–water partition coefficient (Wildman–Crippen LogP) is 3.25. The van der Waals surface area contributed by atoms with E-state index in [-0.39, 0.29) is 11.8 Å². The van der Waals surface area contributed by atoms with Gasteiger partial charge in [0, 0.05) is 37.9 Å². The van der Waals surface area contributed by atoms with Crippen LogP contribution in [0.25, 0.3) is 0 Å². The smallest absolute Gasteiger partial charge is 0.257 e. The third kappa shape index (κ3) is 4.93. The molecule has 1 amide bonds. The molecule has 0 spiro atoms. The molecule has 2 heterocycles. The first-order valence-corrected chi connectivity index (χ1v) is 10.3. The lowest BCUT2D eigenvalue weighted by Crippen LogP contribution is -2.40. The van der Waals surface area contributed by atoms with Gasteiger partial charge in [-0.05, 0) is 59.0 Å². The Hall–Kier alpha value is -2.34. The molecule has 1 aliphatic rings. The topological polar surface area (TPSA) is 50.6 Å². The van der Waals surface area contributed by atoms with Crippen molar-refractivity contribution in [2.45, 2.75) is 38.6 Å². The second-order valence-corrected chi connectivity index (χ2v) is 7.66. The molecule has 3 rings (SSSR count). The van der Waals surface area contributed by atoms with Gasteiger partial charge in [-0.1, -0.05) is 12.1 Å². The summed E-state index contributed by atoms with van der Waals surface area (Å²) in [6.45, 7) is 6.01. The Bertz CT molecular complexity index is 771. The minimum Gasteiger partial charge on any atom is -0.493 e. The Kier molecular flexibility index (Phi) is 7.09. The molecule has 6 nitrogen and oxygen atoms in total. The van der Waals surface area contributed by atoms with Crippen LogP contribution < -0.4 is 4.74 Å². The van der Waals surface area contributed by atoms with E-state index in [9.17, 15) is 4.79 Å². The first-order valence-electron chi connectivity index (χ1n) is 10.3. The number of ether oxygens (including phenoxy) is 1. The summed E-state index contributed by atoms with van der Waals surface area (Å²) >= 11 is 0. The number of nitrogens with zero attached hydrogens (tertiary/aromatic N) is 4. The summed E-state index contributed by atoms with van der Waals surface area (Å²) < 4.78 is 7.92. The van der Waals surface area contributed by atoms with E-state index in [0.29, 0.717) is 24.5 Å². The number of hydrogen-bond donors (Lipinski definition) is 0. The zero-order chi connectivity index (χ0) is 19.9. The van der Waals surface area contributed by atoms with Crippen molar-refractivity contribution in [3.8, 4) is 5.75 Å². The summed E-state index contributed by atoms with van der Waals surface area (Å²) in [5, 5.41) is 0. The van der Waals surface area contributed by atoms with E-state index in [1.54, 1.807) is 0 Å². The molecule has 0 unspecified atom stereocenters. The van der Waals surface area contributed by atoms with E-state index in [1.807, 2.05) is 42.3 Å². The number of para-hydroxylation sites is 1. The van der Waals surface area contributed by atoms with Crippen LogP contribution in [-0.2, 0) is 6.54 Å². The second kappa shape index (κ2) is 9.73. The van der Waals surface area contributed by atoms with Crippen molar-refractivity contribution in [2.24, 2.45) is 0 Å². The molecular weight excluding hydrogens is 352 g/mol. The van der Waals surface area contributed by atoms with Gasteiger partial charge in [-0.3, -0.25) is 4.79 Å². The van der Waals surface area contributed by atoms with Crippen molar-refractivity contribution < 1.29 is 9.53 Å². The van der Waals surface area contributed by atoms with E-state index >= 15 is 0 Å². The number of hydrogen-bond acceptors (Lipinski definition) is 4. The van der Waals surface area contributed by atoms with Gasteiger partial charge in [-0.15, -0.1) is 0 Å². The van der Waals surface area contributed by atoms with Crippen molar-refractivity contribution in [1.82, 2.24) is 19.4 Å². The highest BCUT2D eigenvalue weighted by atomic mass is 16.5. The van der Waals surface area contributed by atoms with Gasteiger partial charge in [0.05, 0.1) is 12.2 Å². The fraction of sp³-hybridized carbons (Fsp3) is 0.545. The van der Waals surface area contributed by atoms with Crippen LogP contribution in [0.5, 0.6) is 5.75 Å². The van der Waals surface area contributed by atoms with E-state index in [1.165, 1.54) is 0 Å². The molecule has 1 aliphatic heterocycles. The number of likely N-dealkylation sites (tertiary alicyclic amines) is 1. The van der Waals surface area contributed by atoms with Crippen LogP contribution in [0.2, 0.25) is 0 Å². The van der Waals surface area contributed by atoms with E-state index < -0.39 is 0 Å². The molecule has 0 radical (unpaired) electrons. The van der Waals surface area contributed by atoms with Crippen molar-refractivity contribution in [2.75, 3.05) is 40.3 Å². The molecule has 2 aromatic rings. The summed E-state index contributed by atoms with van der Waals surface area (Å²) in [5.41, 5.74) is 0.652. The zero-order valence-corrected chi connectivity index (χ0v) is 17.3. The van der Waals surface area contributed by atoms with Gasteiger partial charge in [-0.2, -0.15) is 0 Å². The minimum absolute atomic E-state index is 0.0551. The van der Waals surface area contributed by atoms with Crippen LogP contribution in [0, 0.1) is 0 Å². The number of carbonyl (C=O) groups is 1. The van der Waals surface area contributed by atoms with Crippen LogP contribution in [0.4, 0.5) is 0 Å². The summed E-state index contributed by atoms with van der Waals surface area (Å²) in [4.78, 5) is 22.0. The van der Waals surface area contributed by atoms with Crippen LogP contribution in [0.1, 0.15) is 48.3 Å². The molecule has 1 fully saturated rings. The van der Waals surface area contributed by atoms with Gasteiger partial charge >= 0.3 is 0 Å². The summed E-state index contributed by atoms with van der Waals surface area (Å²) in [6, 6.07) is 7.54. The SMILES string of the molecule is CCOc1ccccc1C(=O)N1CCC[C@H](c2nccn2CCCN(C)C)C1. The van der Waals surface area contributed by atoms with E-state index in [0.717, 1.165) is 44.7 Å². The maximum absolute atomic E-state index is 13.2. The number of amides is 1. The average molecular weight is 385 g/mol. The molecule has 0 bridgehead atoms. The molecule has 0 N–H and O–H groups in total. The quantitative estimate of drug-likeness (QED) is 0.701. The fourth-order valence-corrected chi connectivity index (χ4v) is 3.89. The van der Waals surface area contributed by atoms with Gasteiger partial charge in [-0.25, -0.2) is 4.98 Å². The third-order valence-electron chi connectivity index (χ3n) is 5.24. The molecule has 1 saturated heterocycles. The van der Waals surface area contributed by atoms with Crippen LogP contribution >= 0.6 is 0 Å². The molecule has 152 valence electrons. The van der Waals surface area contributed by atoms with E-state index in [4.69, 9.17) is 4.74 Å². The van der Waals surface area contributed by atoms with Crippen molar-refractivity contribution in [1.29, 1.82) is 0 Å². The molecule has 6 heteroatoms. The Labute approximate surface area is 168 Å². The van der Waals surface area contributed by atoms with Crippen LogP contribution in [-0.4, -0.2) is 65.6 Å². The number of piperidine rings is 1. The number of benzene rings is 1. The average Bonchev–Trinajstić information content (AvgIpc) is 3.16. The molecule has 0 aliphatic carbocycles. The number of rotatable bonds is 8. The number of imidazole rings is 1. The third-order valence-corrected chi connectivity index (χ3v) is 5.24. The number of aryl methyl sites for hydroxylation is 1. The Morgan fingerprint density at radius 2 is 2.14 bits per heavy atom. The lowest BCUT2D eigenvalue weighted by atomic mass is 9.96. The lowest BCUT2D eigenvalue weighted by Gasteiger charge is -2.33. The van der Waals surface area contributed by atoms with Crippen LogP contribution in [0.15, 0.2) is 36.7 Å². The summed E-state index contributed by atoms with van der Waals surface area (Å²) in [6.07, 6.45) is 7.11. The Morgan fingerprint density at radius 1 is 1.32 bits per heavy atom. The molecule has 0 saturated carbocycles. The van der Waals surface area contributed by atoms with Crippen LogP contribution in [0.3, 0.4) is 0 Å². The minimum atomic E-state index is 0.0551. The maximum atomic E-state index is 13.2. The van der Waals surface area contributed by atoms with Crippen molar-refractivity contribution >= 4 is 5.91 Å². The monoisotopic (exact) mass is 384 g/mol. The highest BCUT2D eigenvalue weighted by Gasteiger charge is 2.29. The highest BCUT2D eigenvalue weighted by Crippen LogP contribution is 2.28. The highest BCUT2D eigenvalue weighted by molar-refractivity contribution is 5.97. The number of carbonyl (C=O) groups excluding carboxylic acids is 1. The van der Waals surface area contributed by atoms with Gasteiger partial charge < -0.3 is 19.1 Å². The van der Waals surface area contributed by atoms with Gasteiger partial charge in [0.1, 0.15) is 11.6 Å². The van der Waals surface area contributed by atoms with Gasteiger partial charge in [0.2, 0.25) is 0 Å². The summed E-state index contributed by atoms with van der Waals surface area (Å²) in [7, 11) is 4.19. The first kappa shape index (κ1) is 20.4. The van der Waals surface area contributed by atoms with E-state index in [2.05, 4.69) is 34.7 Å². The second-order valence-electron chi connectivity index (χ2n) is 7.66. The van der Waals surface area contributed by atoms with Crippen molar-refractivity contribution in [3.63, 3.8) is 0 Å². The standard InChI is InChI=1S/C22H32N4O2/c1-4-28-20-11-6-5-10-19(20)22(27)26-14-7-9-18(17-26)21-23-12-16-25(21)15-8-13-24(2)3/h5-6,10-12,16,18H,4,7-9,13-15,17H2,1-3H3/t18-/m0/s1. The predicted molar refractivity (Wildman–Crippen MR) is 111 cm³/mol. The molecule has 1 aromatic carbocycles. The fourth-order valence-electron chi connectivity index (χ4n) is 3.89. The molecular formula is C22H32N4O2. The lowest BCUT2D eigenvalue weighted by molar-refractivity contribution is 0.0699. The zero-order valence-electron chi connectivity index (χ0n) is 17.3. The maximum Gasteiger partial charge on any atom is 0.257 e.